The highest BCUT2D eigenvalue weighted by Crippen LogP contribution is 2.25. The van der Waals surface area contributed by atoms with Crippen LogP contribution < -0.4 is 10.6 Å². The van der Waals surface area contributed by atoms with E-state index in [9.17, 15) is 0 Å². The van der Waals surface area contributed by atoms with E-state index >= 15 is 0 Å². The minimum atomic E-state index is 0.431. The molecule has 0 aromatic heterocycles. The predicted octanol–water partition coefficient (Wildman–Crippen LogP) is -0.126. The summed E-state index contributed by atoms with van der Waals surface area (Å²) < 4.78 is 0. The van der Waals surface area contributed by atoms with E-state index in [1.807, 2.05) is 0 Å². The van der Waals surface area contributed by atoms with Gasteiger partial charge in [-0.05, 0) is 19.4 Å². The van der Waals surface area contributed by atoms with E-state index in [1.165, 1.54) is 19.4 Å². The van der Waals surface area contributed by atoms with Crippen molar-refractivity contribution in [2.75, 3.05) is 13.1 Å². The summed E-state index contributed by atoms with van der Waals surface area (Å²) in [4.78, 5) is 0. The Kier molecular flexibility index (Phi) is 0.866. The molecule has 1 unspecified atom stereocenters. The molecule has 2 aliphatic heterocycles. The maximum atomic E-state index is 3.45. The molecule has 2 nitrogen and oxygen atoms in total. The maximum absolute atomic E-state index is 3.45. The molecule has 1 radical (unpaired) electrons. The lowest BCUT2D eigenvalue weighted by molar-refractivity contribution is 0.310. The van der Waals surface area contributed by atoms with Crippen LogP contribution in [0, 0.1) is 6.54 Å². The third-order valence-electron chi connectivity index (χ3n) is 2.07. The van der Waals surface area contributed by atoms with E-state index in [4.69, 9.17) is 0 Å². The number of hydrogen-bond acceptors (Lipinski definition) is 2. The molecule has 2 aliphatic rings. The molecule has 0 aromatic carbocycles. The zero-order chi connectivity index (χ0) is 5.45. The van der Waals surface area contributed by atoms with Gasteiger partial charge in [-0.3, -0.25) is 0 Å². The van der Waals surface area contributed by atoms with Gasteiger partial charge in [0.1, 0.15) is 0 Å². The Morgan fingerprint density at radius 1 is 1.50 bits per heavy atom. The molecule has 0 bridgehead atoms. The average molecular weight is 111 g/mol. The quantitative estimate of drug-likeness (QED) is 0.455. The Morgan fingerprint density at radius 2 is 2.38 bits per heavy atom. The van der Waals surface area contributed by atoms with Gasteiger partial charge >= 0.3 is 0 Å². The van der Waals surface area contributed by atoms with Gasteiger partial charge in [-0.1, -0.05) is 0 Å². The van der Waals surface area contributed by atoms with Crippen LogP contribution in [0.15, 0.2) is 0 Å². The molecule has 2 rings (SSSR count). The molecule has 2 saturated heterocycles. The molecule has 2 heteroatoms. The van der Waals surface area contributed by atoms with Gasteiger partial charge in [-0.2, -0.15) is 0 Å². The van der Waals surface area contributed by atoms with E-state index in [-0.39, 0.29) is 0 Å². The average Bonchev–Trinajstić information content (AvgIpc) is 2.07. The molecule has 2 heterocycles. The molecular formula is C6H11N2. The van der Waals surface area contributed by atoms with E-state index in [0.717, 1.165) is 6.54 Å². The third kappa shape index (κ3) is 0.501. The van der Waals surface area contributed by atoms with Gasteiger partial charge in [-0.25, -0.2) is 0 Å². The lowest BCUT2D eigenvalue weighted by atomic mass is 9.91. The number of nitrogens with one attached hydrogen (secondary N) is 2. The Hall–Kier alpha value is -0.0800. The van der Waals surface area contributed by atoms with Crippen LogP contribution in [0.3, 0.4) is 0 Å². The fraction of sp³-hybridized carbons (Fsp3) is 0.833. The van der Waals surface area contributed by atoms with Gasteiger partial charge in [0, 0.05) is 18.6 Å². The van der Waals surface area contributed by atoms with Crippen molar-refractivity contribution in [2.45, 2.75) is 18.4 Å². The van der Waals surface area contributed by atoms with E-state index < -0.39 is 0 Å². The molecule has 1 spiro atoms. The van der Waals surface area contributed by atoms with E-state index in [1.54, 1.807) is 0 Å². The van der Waals surface area contributed by atoms with Crippen LogP contribution in [0.25, 0.3) is 0 Å². The Labute approximate surface area is 49.7 Å². The minimum Gasteiger partial charge on any atom is -0.309 e. The first-order valence-corrected chi connectivity index (χ1v) is 3.24. The lowest BCUT2D eigenvalue weighted by Crippen LogP contribution is -2.60. The van der Waals surface area contributed by atoms with Crippen molar-refractivity contribution in [3.05, 3.63) is 6.54 Å². The summed E-state index contributed by atoms with van der Waals surface area (Å²) in [5.74, 6) is 0. The second-order valence-corrected chi connectivity index (χ2v) is 2.71. The van der Waals surface area contributed by atoms with Gasteiger partial charge in [0.15, 0.2) is 0 Å². The van der Waals surface area contributed by atoms with Crippen molar-refractivity contribution < 1.29 is 0 Å². The standard InChI is InChI=1S/C6H11N2/c1-2-6(8-3-1)4-7-5-6/h4,7-8H,1-3,5H2. The largest absolute Gasteiger partial charge is 0.309 e. The molecular weight excluding hydrogens is 100 g/mol. The molecule has 0 aromatic rings. The van der Waals surface area contributed by atoms with Crippen molar-refractivity contribution in [2.24, 2.45) is 0 Å². The van der Waals surface area contributed by atoms with Crippen LogP contribution in [0.1, 0.15) is 12.8 Å². The molecule has 2 fully saturated rings. The van der Waals surface area contributed by atoms with Crippen LogP contribution in [-0.4, -0.2) is 18.6 Å². The fourth-order valence-electron chi connectivity index (χ4n) is 1.45. The summed E-state index contributed by atoms with van der Waals surface area (Å²) in [6.45, 7) is 4.53. The van der Waals surface area contributed by atoms with Crippen LogP contribution in [0.2, 0.25) is 0 Å². The topological polar surface area (TPSA) is 24.1 Å². The van der Waals surface area contributed by atoms with Crippen molar-refractivity contribution in [3.8, 4) is 0 Å². The third-order valence-corrected chi connectivity index (χ3v) is 2.07. The van der Waals surface area contributed by atoms with Crippen LogP contribution in [0.5, 0.6) is 0 Å². The maximum Gasteiger partial charge on any atom is 0.0477 e. The van der Waals surface area contributed by atoms with E-state index in [2.05, 4.69) is 17.2 Å². The first-order valence-electron chi connectivity index (χ1n) is 3.24. The summed E-state index contributed by atoms with van der Waals surface area (Å²) in [5, 5.41) is 6.61. The Balaban J connectivity index is 2.01. The van der Waals surface area contributed by atoms with Gasteiger partial charge in [0.25, 0.3) is 0 Å². The molecule has 0 amide bonds. The molecule has 8 heavy (non-hydrogen) atoms. The summed E-state index contributed by atoms with van der Waals surface area (Å²) in [7, 11) is 0. The van der Waals surface area contributed by atoms with Gasteiger partial charge in [-0.15, -0.1) is 0 Å². The highest BCUT2D eigenvalue weighted by atomic mass is 15.2. The van der Waals surface area contributed by atoms with Crippen molar-refractivity contribution >= 4 is 0 Å². The fourth-order valence-corrected chi connectivity index (χ4v) is 1.45. The van der Waals surface area contributed by atoms with Gasteiger partial charge in [0.05, 0.1) is 0 Å². The normalized spacial score (nSPS) is 33.0. The number of hydrogen-bond donors (Lipinski definition) is 2. The SMILES string of the molecule is [CH]1NCC12CCCN2. The summed E-state index contributed by atoms with van der Waals surface area (Å²) in [5.41, 5.74) is 0.431. The number of rotatable bonds is 0. The monoisotopic (exact) mass is 111 g/mol. The Morgan fingerprint density at radius 3 is 2.62 bits per heavy atom. The molecule has 45 valence electrons. The Bertz CT molecular complexity index is 88.7. The van der Waals surface area contributed by atoms with Crippen molar-refractivity contribution in [3.63, 3.8) is 0 Å². The molecule has 0 aliphatic carbocycles. The summed E-state index contributed by atoms with van der Waals surface area (Å²) >= 11 is 0. The lowest BCUT2D eigenvalue weighted by Gasteiger charge is -2.38. The van der Waals surface area contributed by atoms with Crippen molar-refractivity contribution in [1.29, 1.82) is 0 Å². The minimum absolute atomic E-state index is 0.431. The summed E-state index contributed by atoms with van der Waals surface area (Å²) in [6, 6.07) is 0. The predicted molar refractivity (Wildman–Crippen MR) is 32.3 cm³/mol. The van der Waals surface area contributed by atoms with Crippen molar-refractivity contribution in [1.82, 2.24) is 10.6 Å². The second kappa shape index (κ2) is 1.45. The molecule has 0 saturated carbocycles. The zero-order valence-electron chi connectivity index (χ0n) is 4.91. The molecule has 2 N–H and O–H groups in total. The summed E-state index contributed by atoms with van der Waals surface area (Å²) in [6.07, 6.45) is 2.68. The second-order valence-electron chi connectivity index (χ2n) is 2.71. The van der Waals surface area contributed by atoms with Crippen LogP contribution in [0.4, 0.5) is 0 Å². The first kappa shape index (κ1) is 4.77. The zero-order valence-corrected chi connectivity index (χ0v) is 4.91. The highest BCUT2D eigenvalue weighted by Gasteiger charge is 2.39. The van der Waals surface area contributed by atoms with E-state index in [0.29, 0.717) is 5.54 Å². The first-order chi connectivity index (χ1) is 3.91. The molecule has 1 atom stereocenters. The highest BCUT2D eigenvalue weighted by molar-refractivity contribution is 5.12. The van der Waals surface area contributed by atoms with Crippen LogP contribution in [-0.2, 0) is 0 Å². The van der Waals surface area contributed by atoms with Crippen LogP contribution >= 0.6 is 0 Å². The smallest absolute Gasteiger partial charge is 0.0477 e. The van der Waals surface area contributed by atoms with Gasteiger partial charge < -0.3 is 10.6 Å². The van der Waals surface area contributed by atoms with Gasteiger partial charge in [0.2, 0.25) is 0 Å².